The van der Waals surface area contributed by atoms with Crippen molar-refractivity contribution in [2.75, 3.05) is 11.9 Å². The Morgan fingerprint density at radius 1 is 1.06 bits per heavy atom. The van der Waals surface area contributed by atoms with Gasteiger partial charge in [0.1, 0.15) is 0 Å². The lowest BCUT2D eigenvalue weighted by atomic mass is 9.49. The third kappa shape index (κ3) is 3.69. The van der Waals surface area contributed by atoms with Gasteiger partial charge in [-0.1, -0.05) is 29.5 Å². The quantitative estimate of drug-likeness (QED) is 0.744. The summed E-state index contributed by atoms with van der Waals surface area (Å²) in [7, 11) is 0. The van der Waals surface area contributed by atoms with Gasteiger partial charge in [0.05, 0.1) is 12.2 Å². The Bertz CT molecular complexity index is 980. The molecule has 1 aliphatic heterocycles. The van der Waals surface area contributed by atoms with E-state index in [-0.39, 0.29) is 17.2 Å². The summed E-state index contributed by atoms with van der Waals surface area (Å²) in [5.74, 6) is 2.77. The summed E-state index contributed by atoms with van der Waals surface area (Å²) >= 11 is 1.54. The van der Waals surface area contributed by atoms with Crippen LogP contribution in [0, 0.1) is 23.2 Å². The van der Waals surface area contributed by atoms with E-state index in [1.165, 1.54) is 49.9 Å². The van der Waals surface area contributed by atoms with Gasteiger partial charge in [0, 0.05) is 29.8 Å². The highest BCUT2D eigenvalue weighted by Gasteiger charge is 2.51. The number of hydrogen-bond acceptors (Lipinski definition) is 4. The molecule has 0 saturated heterocycles. The number of carbonyl (C=O) groups excluding carboxylic acids is 2. The number of rotatable bonds is 4. The molecule has 5 aliphatic rings. The second kappa shape index (κ2) is 7.44. The number of fused-ring (bicyclic) bond motifs is 1. The van der Waals surface area contributed by atoms with Gasteiger partial charge in [0.25, 0.3) is 5.91 Å². The summed E-state index contributed by atoms with van der Waals surface area (Å²) in [5, 5.41) is 3.82. The third-order valence-electron chi connectivity index (χ3n) is 7.99. The van der Waals surface area contributed by atoms with E-state index in [9.17, 15) is 9.59 Å². The molecule has 1 N–H and O–H groups in total. The standard InChI is InChI=1S/C25H29N3O2S/c29-22(14-25-11-16-8-17(12-25)10-18(9-16)13-25)27-24-26-20-6-7-28(15-21(20)31-24)23(30)19-4-2-1-3-5-19/h1-5,16-18H,6-15H2,(H,26,27,29). The van der Waals surface area contributed by atoms with E-state index < -0.39 is 0 Å². The van der Waals surface area contributed by atoms with Gasteiger partial charge in [0.2, 0.25) is 5.91 Å². The first-order valence-electron chi connectivity index (χ1n) is 11.7. The van der Waals surface area contributed by atoms with Crippen molar-refractivity contribution in [2.45, 2.75) is 57.9 Å². The Balaban J connectivity index is 1.11. The van der Waals surface area contributed by atoms with Crippen LogP contribution in [0.4, 0.5) is 5.13 Å². The number of nitrogens with one attached hydrogen (secondary N) is 1. The first kappa shape index (κ1) is 19.5. The van der Waals surface area contributed by atoms with Crippen molar-refractivity contribution < 1.29 is 9.59 Å². The summed E-state index contributed by atoms with van der Waals surface area (Å²) in [5.41, 5.74) is 2.00. The average Bonchev–Trinajstić information content (AvgIpc) is 3.13. The lowest BCUT2D eigenvalue weighted by Gasteiger charge is -2.56. The van der Waals surface area contributed by atoms with Crippen LogP contribution in [0.25, 0.3) is 0 Å². The fourth-order valence-corrected chi connectivity index (χ4v) is 8.24. The number of benzene rings is 1. The van der Waals surface area contributed by atoms with Crippen molar-refractivity contribution in [2.24, 2.45) is 23.2 Å². The van der Waals surface area contributed by atoms with Crippen molar-refractivity contribution in [3.8, 4) is 0 Å². The van der Waals surface area contributed by atoms with Gasteiger partial charge in [-0.15, -0.1) is 0 Å². The van der Waals surface area contributed by atoms with E-state index in [0.717, 1.165) is 40.3 Å². The highest BCUT2D eigenvalue weighted by molar-refractivity contribution is 7.15. The van der Waals surface area contributed by atoms with Gasteiger partial charge in [-0.2, -0.15) is 0 Å². The second-order valence-electron chi connectivity index (χ2n) is 10.4. The van der Waals surface area contributed by atoms with E-state index in [1.54, 1.807) is 0 Å². The Kier molecular flexibility index (Phi) is 4.67. The molecular formula is C25H29N3O2S. The van der Waals surface area contributed by atoms with Crippen molar-refractivity contribution in [1.82, 2.24) is 9.88 Å². The van der Waals surface area contributed by atoms with Crippen LogP contribution in [0.5, 0.6) is 0 Å². The molecule has 4 fully saturated rings. The smallest absolute Gasteiger partial charge is 0.254 e. The molecule has 162 valence electrons. The number of aromatic nitrogens is 1. The molecule has 4 saturated carbocycles. The summed E-state index contributed by atoms with van der Waals surface area (Å²) < 4.78 is 0. The predicted octanol–water partition coefficient (Wildman–Crippen LogP) is 4.89. The minimum absolute atomic E-state index is 0.0621. The van der Waals surface area contributed by atoms with Crippen LogP contribution >= 0.6 is 11.3 Å². The van der Waals surface area contributed by atoms with E-state index >= 15 is 0 Å². The van der Waals surface area contributed by atoms with Crippen LogP contribution in [-0.4, -0.2) is 28.2 Å². The molecule has 2 aromatic rings. The summed E-state index contributed by atoms with van der Waals surface area (Å²) in [6.07, 6.45) is 9.34. The van der Waals surface area contributed by atoms with Gasteiger partial charge in [-0.25, -0.2) is 4.98 Å². The van der Waals surface area contributed by atoms with E-state index in [2.05, 4.69) is 5.32 Å². The predicted molar refractivity (Wildman–Crippen MR) is 121 cm³/mol. The maximum atomic E-state index is 13.0. The number of nitrogens with zero attached hydrogens (tertiary/aromatic N) is 2. The van der Waals surface area contributed by atoms with Crippen LogP contribution < -0.4 is 5.32 Å². The second-order valence-corrected chi connectivity index (χ2v) is 11.5. The van der Waals surface area contributed by atoms with Gasteiger partial charge in [-0.05, 0) is 73.8 Å². The molecular weight excluding hydrogens is 406 g/mol. The maximum Gasteiger partial charge on any atom is 0.254 e. The lowest BCUT2D eigenvalue weighted by molar-refractivity contribution is -0.124. The number of amides is 2. The summed E-state index contributed by atoms with van der Waals surface area (Å²) in [6, 6.07) is 9.44. The van der Waals surface area contributed by atoms with Gasteiger partial charge in [0.15, 0.2) is 5.13 Å². The Morgan fingerprint density at radius 3 is 2.42 bits per heavy atom. The van der Waals surface area contributed by atoms with Crippen molar-refractivity contribution in [1.29, 1.82) is 0 Å². The minimum Gasteiger partial charge on any atom is -0.333 e. The number of thiazole rings is 1. The van der Waals surface area contributed by atoms with Gasteiger partial charge < -0.3 is 10.2 Å². The number of anilines is 1. The first-order chi connectivity index (χ1) is 15.1. The zero-order valence-electron chi connectivity index (χ0n) is 17.8. The largest absolute Gasteiger partial charge is 0.333 e. The van der Waals surface area contributed by atoms with Crippen molar-refractivity contribution in [3.63, 3.8) is 0 Å². The molecule has 5 nitrogen and oxygen atoms in total. The number of carbonyl (C=O) groups is 2. The molecule has 2 amide bonds. The molecule has 1 aromatic heterocycles. The van der Waals surface area contributed by atoms with Gasteiger partial charge in [-0.3, -0.25) is 9.59 Å². The molecule has 4 bridgehead atoms. The van der Waals surface area contributed by atoms with Crippen LogP contribution in [-0.2, 0) is 17.8 Å². The molecule has 0 spiro atoms. The molecule has 0 atom stereocenters. The average molecular weight is 436 g/mol. The molecule has 31 heavy (non-hydrogen) atoms. The lowest BCUT2D eigenvalue weighted by Crippen LogP contribution is -2.47. The molecule has 2 heterocycles. The molecule has 1 aromatic carbocycles. The zero-order chi connectivity index (χ0) is 21.0. The van der Waals surface area contributed by atoms with Crippen LogP contribution in [0.1, 0.15) is 65.9 Å². The highest BCUT2D eigenvalue weighted by atomic mass is 32.1. The maximum absolute atomic E-state index is 13.0. The van der Waals surface area contributed by atoms with Crippen LogP contribution in [0.3, 0.4) is 0 Å². The monoisotopic (exact) mass is 435 g/mol. The Labute approximate surface area is 187 Å². The Hall–Kier alpha value is -2.21. The van der Waals surface area contributed by atoms with E-state index in [4.69, 9.17) is 4.98 Å². The topological polar surface area (TPSA) is 62.3 Å². The molecule has 0 unspecified atom stereocenters. The molecule has 0 radical (unpaired) electrons. The van der Waals surface area contributed by atoms with Crippen LogP contribution in [0.2, 0.25) is 0 Å². The van der Waals surface area contributed by atoms with Crippen molar-refractivity contribution in [3.05, 3.63) is 46.5 Å². The number of hydrogen-bond donors (Lipinski definition) is 1. The van der Waals surface area contributed by atoms with Gasteiger partial charge >= 0.3 is 0 Å². The SMILES string of the molecule is O=C(CC12CC3CC(CC(C3)C1)C2)Nc1nc2c(s1)CN(C(=O)c1ccccc1)CC2. The first-order valence-corrected chi connectivity index (χ1v) is 12.5. The molecule has 6 heteroatoms. The van der Waals surface area contributed by atoms with Crippen molar-refractivity contribution >= 4 is 28.3 Å². The third-order valence-corrected chi connectivity index (χ3v) is 8.98. The van der Waals surface area contributed by atoms with E-state index in [0.29, 0.717) is 24.6 Å². The highest BCUT2D eigenvalue weighted by Crippen LogP contribution is 2.61. The van der Waals surface area contributed by atoms with E-state index in [1.807, 2.05) is 35.2 Å². The zero-order valence-corrected chi connectivity index (χ0v) is 18.6. The Morgan fingerprint density at radius 2 is 1.74 bits per heavy atom. The molecule has 4 aliphatic carbocycles. The van der Waals surface area contributed by atoms with Crippen LogP contribution in [0.15, 0.2) is 30.3 Å². The summed E-state index contributed by atoms with van der Waals surface area (Å²) in [4.78, 5) is 33.4. The summed E-state index contributed by atoms with van der Waals surface area (Å²) in [6.45, 7) is 1.25. The molecule has 7 rings (SSSR count). The fraction of sp³-hybridized carbons (Fsp3) is 0.560. The fourth-order valence-electron chi connectivity index (χ4n) is 7.20. The normalized spacial score (nSPS) is 30.8. The minimum atomic E-state index is 0.0621.